The smallest absolute Gasteiger partial charge is 0.225 e. The van der Waals surface area contributed by atoms with E-state index in [0.717, 1.165) is 58.0 Å². The molecule has 5 nitrogen and oxygen atoms in total. The van der Waals surface area contributed by atoms with E-state index >= 15 is 0 Å². The number of likely N-dealkylation sites (tertiary alicyclic amines) is 1. The first-order chi connectivity index (χ1) is 10.5. The second kappa shape index (κ2) is 7.95. The van der Waals surface area contributed by atoms with Gasteiger partial charge in [0.15, 0.2) is 0 Å². The summed E-state index contributed by atoms with van der Waals surface area (Å²) in [5.41, 5.74) is 5.88. The van der Waals surface area contributed by atoms with Crippen LogP contribution in [0, 0.1) is 11.8 Å². The Morgan fingerprint density at radius 2 is 1.77 bits per heavy atom. The van der Waals surface area contributed by atoms with Crippen LogP contribution in [-0.4, -0.2) is 41.9 Å². The van der Waals surface area contributed by atoms with Gasteiger partial charge in [-0.15, -0.1) is 0 Å². The molecule has 2 atom stereocenters. The predicted molar refractivity (Wildman–Crippen MR) is 87.1 cm³/mol. The van der Waals surface area contributed by atoms with Gasteiger partial charge >= 0.3 is 0 Å². The highest BCUT2D eigenvalue weighted by molar-refractivity contribution is 5.80. The number of carbonyl (C=O) groups excluding carboxylic acids is 2. The largest absolute Gasteiger partial charge is 0.353 e. The minimum atomic E-state index is 0.0965. The third-order valence-corrected chi connectivity index (χ3v) is 5.33. The normalized spacial score (nSPS) is 26.5. The molecule has 1 aliphatic carbocycles. The van der Waals surface area contributed by atoms with E-state index < -0.39 is 0 Å². The lowest BCUT2D eigenvalue weighted by Gasteiger charge is -2.34. The van der Waals surface area contributed by atoms with Crippen LogP contribution in [0.3, 0.4) is 0 Å². The lowest BCUT2D eigenvalue weighted by Crippen LogP contribution is -2.49. The molecule has 2 fully saturated rings. The number of hydrogen-bond donors (Lipinski definition) is 2. The lowest BCUT2D eigenvalue weighted by molar-refractivity contribution is -0.137. The van der Waals surface area contributed by atoms with Gasteiger partial charge in [0, 0.05) is 37.0 Å². The van der Waals surface area contributed by atoms with E-state index in [0.29, 0.717) is 0 Å². The SMILES string of the molecule is CCC(CC)C(=O)N1CCC(NC(=O)C2CCC(N)C2)CC1. The fourth-order valence-corrected chi connectivity index (χ4v) is 3.71. The van der Waals surface area contributed by atoms with Gasteiger partial charge in [-0.25, -0.2) is 0 Å². The Labute approximate surface area is 134 Å². The van der Waals surface area contributed by atoms with Crippen molar-refractivity contribution < 1.29 is 9.59 Å². The van der Waals surface area contributed by atoms with Crippen LogP contribution in [0.25, 0.3) is 0 Å². The Morgan fingerprint density at radius 3 is 2.27 bits per heavy atom. The van der Waals surface area contributed by atoms with Crippen LogP contribution in [0.4, 0.5) is 0 Å². The van der Waals surface area contributed by atoms with Gasteiger partial charge < -0.3 is 16.0 Å². The van der Waals surface area contributed by atoms with Gasteiger partial charge in [-0.1, -0.05) is 13.8 Å². The van der Waals surface area contributed by atoms with Gasteiger partial charge in [0.25, 0.3) is 0 Å². The summed E-state index contributed by atoms with van der Waals surface area (Å²) in [6, 6.07) is 0.408. The van der Waals surface area contributed by atoms with Crippen molar-refractivity contribution >= 4 is 11.8 Å². The summed E-state index contributed by atoms with van der Waals surface area (Å²) in [7, 11) is 0. The number of rotatable bonds is 5. The highest BCUT2D eigenvalue weighted by atomic mass is 16.2. The molecule has 2 amide bonds. The van der Waals surface area contributed by atoms with E-state index in [1.807, 2.05) is 4.90 Å². The maximum absolute atomic E-state index is 12.4. The molecule has 0 spiro atoms. The molecule has 3 N–H and O–H groups in total. The lowest BCUT2D eigenvalue weighted by atomic mass is 9.98. The average molecular weight is 309 g/mol. The number of amides is 2. The van der Waals surface area contributed by atoms with E-state index in [1.54, 1.807) is 0 Å². The van der Waals surface area contributed by atoms with E-state index in [4.69, 9.17) is 5.73 Å². The molecule has 5 heteroatoms. The Balaban J connectivity index is 1.75. The van der Waals surface area contributed by atoms with Crippen LogP contribution in [-0.2, 0) is 9.59 Å². The molecule has 22 heavy (non-hydrogen) atoms. The molecule has 1 heterocycles. The highest BCUT2D eigenvalue weighted by Gasteiger charge is 2.31. The first kappa shape index (κ1) is 17.3. The zero-order valence-corrected chi connectivity index (χ0v) is 14.0. The molecule has 126 valence electrons. The predicted octanol–water partition coefficient (Wildman–Crippen LogP) is 1.66. The minimum Gasteiger partial charge on any atom is -0.353 e. The molecule has 0 aromatic carbocycles. The summed E-state index contributed by atoms with van der Waals surface area (Å²) >= 11 is 0. The van der Waals surface area contributed by atoms with E-state index in [2.05, 4.69) is 19.2 Å². The zero-order valence-electron chi connectivity index (χ0n) is 14.0. The van der Waals surface area contributed by atoms with Crippen molar-refractivity contribution in [1.82, 2.24) is 10.2 Å². The summed E-state index contributed by atoms with van der Waals surface area (Å²) in [5, 5.41) is 3.17. The number of nitrogens with zero attached hydrogens (tertiary/aromatic N) is 1. The quantitative estimate of drug-likeness (QED) is 0.811. The Morgan fingerprint density at radius 1 is 1.14 bits per heavy atom. The molecule has 0 aromatic heterocycles. The van der Waals surface area contributed by atoms with Crippen molar-refractivity contribution in [2.45, 2.75) is 70.9 Å². The van der Waals surface area contributed by atoms with Crippen molar-refractivity contribution in [3.05, 3.63) is 0 Å². The fraction of sp³-hybridized carbons (Fsp3) is 0.882. The van der Waals surface area contributed by atoms with Crippen molar-refractivity contribution in [2.75, 3.05) is 13.1 Å². The molecule has 2 aliphatic rings. The van der Waals surface area contributed by atoms with Crippen LogP contribution < -0.4 is 11.1 Å². The Kier molecular flexibility index (Phi) is 6.24. The van der Waals surface area contributed by atoms with Gasteiger partial charge in [-0.3, -0.25) is 9.59 Å². The van der Waals surface area contributed by atoms with Crippen molar-refractivity contribution in [2.24, 2.45) is 17.6 Å². The number of carbonyl (C=O) groups is 2. The monoisotopic (exact) mass is 309 g/mol. The average Bonchev–Trinajstić information content (AvgIpc) is 2.96. The van der Waals surface area contributed by atoms with Gasteiger partial charge in [-0.2, -0.15) is 0 Å². The summed E-state index contributed by atoms with van der Waals surface area (Å²) in [6.07, 6.45) is 6.26. The second-order valence-corrected chi connectivity index (χ2v) is 6.89. The Bertz CT molecular complexity index is 387. The van der Waals surface area contributed by atoms with Crippen molar-refractivity contribution in [3.63, 3.8) is 0 Å². The first-order valence-corrected chi connectivity index (χ1v) is 8.89. The topological polar surface area (TPSA) is 75.4 Å². The highest BCUT2D eigenvalue weighted by Crippen LogP contribution is 2.25. The fourth-order valence-electron chi connectivity index (χ4n) is 3.71. The number of piperidine rings is 1. The number of hydrogen-bond acceptors (Lipinski definition) is 3. The van der Waals surface area contributed by atoms with Crippen LogP contribution >= 0.6 is 0 Å². The van der Waals surface area contributed by atoms with Crippen LogP contribution in [0.5, 0.6) is 0 Å². The molecule has 0 aromatic rings. The maximum atomic E-state index is 12.4. The van der Waals surface area contributed by atoms with Gasteiger partial charge in [0.1, 0.15) is 0 Å². The zero-order chi connectivity index (χ0) is 16.1. The van der Waals surface area contributed by atoms with Gasteiger partial charge in [0.05, 0.1) is 0 Å². The summed E-state index contributed by atoms with van der Waals surface area (Å²) in [6.45, 7) is 5.69. The number of nitrogens with two attached hydrogens (primary N) is 1. The maximum Gasteiger partial charge on any atom is 0.225 e. The molecule has 1 saturated heterocycles. The minimum absolute atomic E-state index is 0.0965. The van der Waals surface area contributed by atoms with E-state index in [-0.39, 0.29) is 35.7 Å². The van der Waals surface area contributed by atoms with Gasteiger partial charge in [0.2, 0.25) is 11.8 Å². The molecule has 2 unspecified atom stereocenters. The van der Waals surface area contributed by atoms with E-state index in [1.165, 1.54) is 0 Å². The third kappa shape index (κ3) is 4.22. The standard InChI is InChI=1S/C17H31N3O2/c1-3-12(4-2)17(22)20-9-7-15(8-10-20)19-16(21)13-5-6-14(18)11-13/h12-15H,3-11,18H2,1-2H3,(H,19,21). The van der Waals surface area contributed by atoms with Crippen molar-refractivity contribution in [1.29, 1.82) is 0 Å². The summed E-state index contributed by atoms with van der Waals surface area (Å²) < 4.78 is 0. The van der Waals surface area contributed by atoms with Crippen molar-refractivity contribution in [3.8, 4) is 0 Å². The second-order valence-electron chi connectivity index (χ2n) is 6.89. The van der Waals surface area contributed by atoms with Crippen LogP contribution in [0.2, 0.25) is 0 Å². The van der Waals surface area contributed by atoms with Crippen LogP contribution in [0.1, 0.15) is 58.8 Å². The van der Waals surface area contributed by atoms with Gasteiger partial charge in [-0.05, 0) is 44.9 Å². The van der Waals surface area contributed by atoms with Crippen LogP contribution in [0.15, 0.2) is 0 Å². The first-order valence-electron chi connectivity index (χ1n) is 8.89. The Hall–Kier alpha value is -1.10. The molecular weight excluding hydrogens is 278 g/mol. The summed E-state index contributed by atoms with van der Waals surface area (Å²) in [4.78, 5) is 26.6. The molecule has 1 saturated carbocycles. The molecule has 0 radical (unpaired) electrons. The molecule has 0 bridgehead atoms. The number of nitrogens with one attached hydrogen (secondary N) is 1. The molecule has 1 aliphatic heterocycles. The third-order valence-electron chi connectivity index (χ3n) is 5.33. The van der Waals surface area contributed by atoms with E-state index in [9.17, 15) is 9.59 Å². The molecular formula is C17H31N3O2. The summed E-state index contributed by atoms with van der Waals surface area (Å²) in [5.74, 6) is 0.708. The molecule has 2 rings (SSSR count).